The number of pyridine rings is 1. The van der Waals surface area contributed by atoms with Crippen LogP contribution >= 0.6 is 0 Å². The van der Waals surface area contributed by atoms with Crippen molar-refractivity contribution in [3.8, 4) is 0 Å². The Morgan fingerprint density at radius 3 is 2.72 bits per heavy atom. The van der Waals surface area contributed by atoms with Crippen LogP contribution in [0.1, 0.15) is 42.0 Å². The van der Waals surface area contributed by atoms with Crippen molar-refractivity contribution in [1.29, 1.82) is 0 Å². The van der Waals surface area contributed by atoms with E-state index in [0.717, 1.165) is 17.0 Å². The van der Waals surface area contributed by atoms with Crippen LogP contribution in [-0.4, -0.2) is 43.9 Å². The average molecular weight is 391 g/mol. The summed E-state index contributed by atoms with van der Waals surface area (Å²) >= 11 is 0. The van der Waals surface area contributed by atoms with E-state index in [1.807, 2.05) is 53.1 Å². The van der Waals surface area contributed by atoms with Gasteiger partial charge >= 0.3 is 0 Å². The molecule has 0 saturated heterocycles. The highest BCUT2D eigenvalue weighted by molar-refractivity contribution is 6.01. The maximum atomic E-state index is 13.0. The van der Waals surface area contributed by atoms with Gasteiger partial charge in [-0.05, 0) is 36.1 Å². The van der Waals surface area contributed by atoms with Crippen LogP contribution < -0.4 is 5.32 Å². The van der Waals surface area contributed by atoms with E-state index < -0.39 is 6.04 Å². The van der Waals surface area contributed by atoms with Gasteiger partial charge in [-0.1, -0.05) is 38.1 Å². The molecule has 3 aromatic rings. The lowest BCUT2D eigenvalue weighted by Crippen LogP contribution is -2.48. The molecule has 1 atom stereocenters. The quantitative estimate of drug-likeness (QED) is 0.671. The highest BCUT2D eigenvalue weighted by atomic mass is 16.2. The minimum absolute atomic E-state index is 0.0650. The van der Waals surface area contributed by atoms with E-state index in [9.17, 15) is 9.59 Å². The fourth-order valence-electron chi connectivity index (χ4n) is 3.83. The maximum Gasteiger partial charge on any atom is 0.255 e. The van der Waals surface area contributed by atoms with Crippen LogP contribution in [0.3, 0.4) is 0 Å². The zero-order valence-electron chi connectivity index (χ0n) is 16.7. The summed E-state index contributed by atoms with van der Waals surface area (Å²) in [5.74, 6) is 0.909. The standard InChI is InChI=1S/C22H25N5O2/c1-15(2)13-18(27-14-16-7-3-4-8-17(16)22(27)29)21(28)23-11-10-20-25-24-19-9-5-6-12-26(19)20/h3-9,12,15,18H,10-11,13-14H2,1-2H3,(H,23,28). The van der Waals surface area contributed by atoms with Crippen LogP contribution in [0.2, 0.25) is 0 Å². The Bertz CT molecular complexity index is 1040. The molecule has 1 aliphatic heterocycles. The first-order valence-corrected chi connectivity index (χ1v) is 10.00. The second-order valence-electron chi connectivity index (χ2n) is 7.82. The molecule has 1 N–H and O–H groups in total. The van der Waals surface area contributed by atoms with Crippen molar-refractivity contribution in [1.82, 2.24) is 24.8 Å². The topological polar surface area (TPSA) is 79.6 Å². The normalized spacial score (nSPS) is 14.4. The zero-order valence-corrected chi connectivity index (χ0v) is 16.7. The monoisotopic (exact) mass is 391 g/mol. The van der Waals surface area contributed by atoms with Crippen LogP contribution in [-0.2, 0) is 17.8 Å². The van der Waals surface area contributed by atoms with E-state index in [1.54, 1.807) is 4.90 Å². The predicted molar refractivity (Wildman–Crippen MR) is 109 cm³/mol. The van der Waals surface area contributed by atoms with E-state index in [0.29, 0.717) is 37.4 Å². The number of hydrogen-bond donors (Lipinski definition) is 1. The number of carbonyl (C=O) groups is 2. The average Bonchev–Trinajstić information content (AvgIpc) is 3.28. The van der Waals surface area contributed by atoms with E-state index in [4.69, 9.17) is 0 Å². The molecule has 4 rings (SSSR count). The molecular formula is C22H25N5O2. The number of benzene rings is 1. The third kappa shape index (κ3) is 3.85. The smallest absolute Gasteiger partial charge is 0.255 e. The lowest BCUT2D eigenvalue weighted by atomic mass is 10.0. The molecule has 29 heavy (non-hydrogen) atoms. The first kappa shape index (κ1) is 19.1. The molecule has 2 amide bonds. The second-order valence-corrected chi connectivity index (χ2v) is 7.82. The Labute approximate surface area is 169 Å². The number of fused-ring (bicyclic) bond motifs is 2. The van der Waals surface area contributed by atoms with Crippen molar-refractivity contribution in [3.05, 3.63) is 65.6 Å². The third-order valence-electron chi connectivity index (χ3n) is 5.26. The van der Waals surface area contributed by atoms with Crippen LogP contribution in [0.5, 0.6) is 0 Å². The van der Waals surface area contributed by atoms with Gasteiger partial charge in [-0.3, -0.25) is 14.0 Å². The molecule has 1 unspecified atom stereocenters. The lowest BCUT2D eigenvalue weighted by Gasteiger charge is -2.28. The Hall–Kier alpha value is -3.22. The van der Waals surface area contributed by atoms with Gasteiger partial charge in [0.25, 0.3) is 5.91 Å². The molecule has 1 aromatic carbocycles. The summed E-state index contributed by atoms with van der Waals surface area (Å²) in [6.07, 6.45) is 3.10. The molecular weight excluding hydrogens is 366 g/mol. The van der Waals surface area contributed by atoms with E-state index >= 15 is 0 Å². The summed E-state index contributed by atoms with van der Waals surface area (Å²) in [4.78, 5) is 27.6. The summed E-state index contributed by atoms with van der Waals surface area (Å²) in [6, 6.07) is 12.8. The molecule has 7 nitrogen and oxygen atoms in total. The van der Waals surface area contributed by atoms with Crippen LogP contribution in [0.4, 0.5) is 0 Å². The van der Waals surface area contributed by atoms with Gasteiger partial charge in [-0.25, -0.2) is 0 Å². The van der Waals surface area contributed by atoms with Crippen molar-refractivity contribution >= 4 is 17.5 Å². The summed E-state index contributed by atoms with van der Waals surface area (Å²) in [5.41, 5.74) is 2.46. The SMILES string of the molecule is CC(C)CC(C(=O)NCCc1nnc2ccccn12)N1Cc2ccccc2C1=O. The number of carbonyl (C=O) groups excluding carboxylic acids is 2. The minimum atomic E-state index is -0.481. The molecule has 7 heteroatoms. The highest BCUT2D eigenvalue weighted by Crippen LogP contribution is 2.26. The van der Waals surface area contributed by atoms with Gasteiger partial charge < -0.3 is 10.2 Å². The van der Waals surface area contributed by atoms with Crippen LogP contribution in [0.15, 0.2) is 48.7 Å². The van der Waals surface area contributed by atoms with Gasteiger partial charge in [-0.15, -0.1) is 10.2 Å². The van der Waals surface area contributed by atoms with Crippen LogP contribution in [0.25, 0.3) is 5.65 Å². The van der Waals surface area contributed by atoms with Gasteiger partial charge in [0.15, 0.2) is 5.65 Å². The van der Waals surface area contributed by atoms with Gasteiger partial charge in [0.2, 0.25) is 5.91 Å². The fourth-order valence-corrected chi connectivity index (χ4v) is 3.83. The Kier molecular flexibility index (Phi) is 5.29. The van der Waals surface area contributed by atoms with Gasteiger partial charge in [0.1, 0.15) is 11.9 Å². The molecule has 1 aliphatic rings. The van der Waals surface area contributed by atoms with Crippen molar-refractivity contribution < 1.29 is 9.59 Å². The Balaban J connectivity index is 1.43. The molecule has 3 heterocycles. The van der Waals surface area contributed by atoms with Gasteiger partial charge in [-0.2, -0.15) is 0 Å². The molecule has 150 valence electrons. The van der Waals surface area contributed by atoms with E-state index in [2.05, 4.69) is 29.4 Å². The first-order chi connectivity index (χ1) is 14.0. The molecule has 0 saturated carbocycles. The number of hydrogen-bond acceptors (Lipinski definition) is 4. The van der Waals surface area contributed by atoms with Crippen LogP contribution in [0, 0.1) is 5.92 Å². The van der Waals surface area contributed by atoms with Crippen molar-refractivity contribution in [3.63, 3.8) is 0 Å². The summed E-state index contributed by atoms with van der Waals surface area (Å²) < 4.78 is 1.92. The predicted octanol–water partition coefficient (Wildman–Crippen LogP) is 2.46. The van der Waals surface area contributed by atoms with E-state index in [1.165, 1.54) is 0 Å². The second kappa shape index (κ2) is 8.03. The van der Waals surface area contributed by atoms with E-state index in [-0.39, 0.29) is 11.8 Å². The molecule has 2 aromatic heterocycles. The number of nitrogens with one attached hydrogen (secondary N) is 1. The molecule has 0 fully saturated rings. The third-order valence-corrected chi connectivity index (χ3v) is 5.26. The van der Waals surface area contributed by atoms with Crippen molar-refractivity contribution in [2.45, 2.75) is 39.3 Å². The first-order valence-electron chi connectivity index (χ1n) is 10.00. The molecule has 0 radical (unpaired) electrons. The summed E-state index contributed by atoms with van der Waals surface area (Å²) in [6.45, 7) is 5.05. The molecule has 0 aliphatic carbocycles. The number of aromatic nitrogens is 3. The fraction of sp³-hybridized carbons (Fsp3) is 0.364. The Morgan fingerprint density at radius 2 is 1.93 bits per heavy atom. The number of nitrogens with zero attached hydrogens (tertiary/aromatic N) is 4. The minimum Gasteiger partial charge on any atom is -0.354 e. The highest BCUT2D eigenvalue weighted by Gasteiger charge is 2.36. The summed E-state index contributed by atoms with van der Waals surface area (Å²) in [5, 5.41) is 11.3. The molecule has 0 bridgehead atoms. The van der Waals surface area contributed by atoms with Crippen molar-refractivity contribution in [2.75, 3.05) is 6.54 Å². The zero-order chi connectivity index (χ0) is 20.4. The molecule has 0 spiro atoms. The largest absolute Gasteiger partial charge is 0.354 e. The van der Waals surface area contributed by atoms with Gasteiger partial charge in [0.05, 0.1) is 0 Å². The maximum absolute atomic E-state index is 13.0. The Morgan fingerprint density at radius 1 is 1.14 bits per heavy atom. The van der Waals surface area contributed by atoms with Crippen molar-refractivity contribution in [2.24, 2.45) is 5.92 Å². The summed E-state index contributed by atoms with van der Waals surface area (Å²) in [7, 11) is 0. The number of amides is 2. The van der Waals surface area contributed by atoms with Gasteiger partial charge in [0, 0.05) is 31.3 Å². The lowest BCUT2D eigenvalue weighted by molar-refractivity contribution is -0.126. The number of rotatable bonds is 7.